The van der Waals surface area contributed by atoms with Crippen LogP contribution in [0.5, 0.6) is 0 Å². The number of unbranched alkanes of at least 4 members (excludes halogenated alkanes) is 20. The van der Waals surface area contributed by atoms with E-state index in [-0.39, 0.29) is 10.8 Å². The average Bonchev–Trinajstić information content (AvgIpc) is 4.08. The van der Waals surface area contributed by atoms with Gasteiger partial charge in [-0.3, -0.25) is 0 Å². The zero-order valence-electron chi connectivity index (χ0n) is 44.3. The Balaban J connectivity index is 1.06. The Morgan fingerprint density at radius 3 is 1.03 bits per heavy atom. The second-order valence-electron chi connectivity index (χ2n) is 21.5. The largest absolute Gasteiger partial charge is 0.172 e. The van der Waals surface area contributed by atoms with Crippen LogP contribution < -0.4 is 0 Å². The van der Waals surface area contributed by atoms with Crippen LogP contribution in [0.1, 0.15) is 252 Å². The van der Waals surface area contributed by atoms with E-state index in [2.05, 4.69) is 148 Å². The highest BCUT2D eigenvalue weighted by Gasteiger charge is 2.43. The van der Waals surface area contributed by atoms with Crippen LogP contribution in [0.15, 0.2) is 97.1 Å². The molecule has 1 aromatic heterocycles. The van der Waals surface area contributed by atoms with Crippen molar-refractivity contribution in [3.63, 3.8) is 0 Å². The van der Waals surface area contributed by atoms with E-state index in [9.17, 15) is 0 Å². The molecule has 0 saturated heterocycles. The van der Waals surface area contributed by atoms with Crippen LogP contribution in [0.3, 0.4) is 0 Å². The van der Waals surface area contributed by atoms with E-state index in [0.29, 0.717) is 0 Å². The molecule has 0 bridgehead atoms. The van der Waals surface area contributed by atoms with Crippen molar-refractivity contribution in [2.75, 3.05) is 0 Å². The summed E-state index contributed by atoms with van der Waals surface area (Å²) in [6.45, 7) is 9.26. The van der Waals surface area contributed by atoms with Crippen LogP contribution in [-0.2, 0) is 10.8 Å². The molecule has 3 heteroatoms. The van der Waals surface area contributed by atoms with Gasteiger partial charge in [0.25, 0.3) is 0 Å². The standard InChI is InChI=1S/C68H84N2S/c1-5-9-13-17-21-29-47-67(48-30-22-18-14-10-6-2)61-35-27-25-33-57(61)59-45-39-53(51-63(59)67)37-41-55-43-44-56(66-65(55)69-71-70-66)42-38-54-40-46-60-58-34-26-28-36-62(58)68(64(60)52-54,49-31-23-19-15-11-7-3)50-32-24-20-16-12-8-4/h25-28,33-36,39-40,43-46,51-52H,5-24,29-32,47-50H2,1-4H3. The smallest absolute Gasteiger partial charge is 0.121 e. The van der Waals surface area contributed by atoms with Gasteiger partial charge in [0, 0.05) is 22.0 Å². The number of rotatable bonds is 28. The Morgan fingerprint density at radius 2 is 0.662 bits per heavy atom. The highest BCUT2D eigenvalue weighted by atomic mass is 32.1. The van der Waals surface area contributed by atoms with Gasteiger partial charge in [-0.05, 0) is 107 Å². The third-order valence-electron chi connectivity index (χ3n) is 16.5. The minimum absolute atomic E-state index is 0.0393. The molecule has 71 heavy (non-hydrogen) atoms. The fourth-order valence-corrected chi connectivity index (χ4v) is 13.1. The molecule has 5 aromatic carbocycles. The summed E-state index contributed by atoms with van der Waals surface area (Å²) in [6, 6.07) is 37.0. The normalized spacial score (nSPS) is 13.5. The Kier molecular flexibility index (Phi) is 19.7. The van der Waals surface area contributed by atoms with Crippen LogP contribution in [0.4, 0.5) is 0 Å². The molecule has 6 aromatic rings. The van der Waals surface area contributed by atoms with Crippen molar-refractivity contribution >= 4 is 22.8 Å². The Morgan fingerprint density at radius 1 is 0.338 bits per heavy atom. The minimum atomic E-state index is 0.0393. The first-order valence-corrected chi connectivity index (χ1v) is 29.6. The quantitative estimate of drug-likeness (QED) is 0.0362. The summed E-state index contributed by atoms with van der Waals surface area (Å²) in [5, 5.41) is 0. The number of nitrogens with zero attached hydrogens (tertiary/aromatic N) is 2. The van der Waals surface area contributed by atoms with Crippen molar-refractivity contribution in [2.24, 2.45) is 0 Å². The molecule has 0 N–H and O–H groups in total. The zero-order valence-corrected chi connectivity index (χ0v) is 45.2. The van der Waals surface area contributed by atoms with Crippen molar-refractivity contribution in [2.45, 2.75) is 218 Å². The zero-order chi connectivity index (χ0) is 49.1. The molecule has 0 fully saturated rings. The van der Waals surface area contributed by atoms with Gasteiger partial charge in [-0.25, -0.2) is 0 Å². The first-order valence-electron chi connectivity index (χ1n) is 28.8. The second-order valence-corrected chi connectivity index (χ2v) is 22.0. The molecule has 0 amide bonds. The highest BCUT2D eigenvalue weighted by molar-refractivity contribution is 7.00. The van der Waals surface area contributed by atoms with Gasteiger partial charge in [0.1, 0.15) is 11.0 Å². The van der Waals surface area contributed by atoms with Gasteiger partial charge in [0.05, 0.1) is 22.9 Å². The molecule has 8 rings (SSSR count). The summed E-state index contributed by atoms with van der Waals surface area (Å²) in [7, 11) is 0. The molecular weight excluding hydrogens is 877 g/mol. The molecule has 0 radical (unpaired) electrons. The molecule has 0 saturated carbocycles. The van der Waals surface area contributed by atoms with E-state index in [4.69, 9.17) is 8.75 Å². The first kappa shape index (κ1) is 52.4. The Bertz CT molecular complexity index is 2550. The van der Waals surface area contributed by atoms with Gasteiger partial charge >= 0.3 is 0 Å². The molecule has 0 spiro atoms. The van der Waals surface area contributed by atoms with Gasteiger partial charge in [0.2, 0.25) is 0 Å². The first-order chi connectivity index (χ1) is 35.1. The summed E-state index contributed by atoms with van der Waals surface area (Å²) in [5.74, 6) is 14.5. The minimum Gasteiger partial charge on any atom is -0.172 e. The maximum atomic E-state index is 4.83. The lowest BCUT2D eigenvalue weighted by atomic mass is 9.70. The van der Waals surface area contributed by atoms with Gasteiger partial charge in [-0.15, -0.1) is 0 Å². The van der Waals surface area contributed by atoms with Gasteiger partial charge in [-0.1, -0.05) is 266 Å². The van der Waals surface area contributed by atoms with E-state index >= 15 is 0 Å². The maximum absolute atomic E-state index is 4.83. The molecule has 0 unspecified atom stereocenters. The monoisotopic (exact) mass is 961 g/mol. The van der Waals surface area contributed by atoms with Crippen molar-refractivity contribution < 1.29 is 0 Å². The van der Waals surface area contributed by atoms with E-state index < -0.39 is 0 Å². The summed E-state index contributed by atoms with van der Waals surface area (Å²) in [6.07, 6.45) is 36.5. The maximum Gasteiger partial charge on any atom is 0.121 e. The van der Waals surface area contributed by atoms with E-state index in [1.807, 2.05) is 0 Å². The third kappa shape index (κ3) is 12.5. The molecule has 1 heterocycles. The number of hydrogen-bond acceptors (Lipinski definition) is 3. The lowest BCUT2D eigenvalue weighted by Gasteiger charge is -2.33. The molecule has 2 aliphatic carbocycles. The van der Waals surface area contributed by atoms with Crippen LogP contribution in [0, 0.1) is 23.7 Å². The number of hydrogen-bond donors (Lipinski definition) is 0. The van der Waals surface area contributed by atoms with Crippen LogP contribution in [-0.4, -0.2) is 8.75 Å². The van der Waals surface area contributed by atoms with Gasteiger partial charge in [-0.2, -0.15) is 8.75 Å². The summed E-state index contributed by atoms with van der Waals surface area (Å²) < 4.78 is 9.66. The van der Waals surface area contributed by atoms with E-state index in [0.717, 1.165) is 33.3 Å². The summed E-state index contributed by atoms with van der Waals surface area (Å²) in [5.41, 5.74) is 17.5. The number of benzene rings is 5. The highest BCUT2D eigenvalue weighted by Crippen LogP contribution is 2.56. The van der Waals surface area contributed by atoms with Crippen molar-refractivity contribution in [1.29, 1.82) is 0 Å². The predicted octanol–water partition coefficient (Wildman–Crippen LogP) is 20.0. The van der Waals surface area contributed by atoms with Crippen molar-refractivity contribution in [3.05, 3.63) is 142 Å². The van der Waals surface area contributed by atoms with Crippen LogP contribution in [0.2, 0.25) is 0 Å². The van der Waals surface area contributed by atoms with Gasteiger partial charge < -0.3 is 0 Å². The Hall–Kier alpha value is -4.96. The summed E-state index contributed by atoms with van der Waals surface area (Å²) in [4.78, 5) is 0. The molecule has 0 atom stereocenters. The van der Waals surface area contributed by atoms with E-state index in [1.165, 1.54) is 225 Å². The van der Waals surface area contributed by atoms with E-state index in [1.54, 1.807) is 11.1 Å². The SMILES string of the molecule is CCCCCCCCC1(CCCCCCCC)c2ccccc2-c2ccc(C#Cc3ccc(C#Cc4ccc5c(c4)C(CCCCCCCC)(CCCCCCCC)c4ccccc4-5)c4nsnc34)cc21. The predicted molar refractivity (Wildman–Crippen MR) is 307 cm³/mol. The number of fused-ring (bicyclic) bond motifs is 7. The van der Waals surface area contributed by atoms with Crippen molar-refractivity contribution in [1.82, 2.24) is 8.75 Å². The lowest BCUT2D eigenvalue weighted by Crippen LogP contribution is -2.25. The molecule has 372 valence electrons. The fraction of sp³-hybridized carbons (Fsp3) is 0.500. The fourth-order valence-electron chi connectivity index (χ4n) is 12.6. The molecular formula is C68H84N2S. The third-order valence-corrected chi connectivity index (χ3v) is 17.0. The topological polar surface area (TPSA) is 25.8 Å². The van der Waals surface area contributed by atoms with Crippen LogP contribution in [0.25, 0.3) is 33.3 Å². The molecule has 2 nitrogen and oxygen atoms in total. The number of aromatic nitrogens is 2. The molecule has 0 aliphatic heterocycles. The lowest BCUT2D eigenvalue weighted by molar-refractivity contribution is 0.398. The summed E-state index contributed by atoms with van der Waals surface area (Å²) >= 11 is 1.26. The van der Waals surface area contributed by atoms with Crippen molar-refractivity contribution in [3.8, 4) is 45.9 Å². The average molecular weight is 962 g/mol. The second kappa shape index (κ2) is 26.7. The van der Waals surface area contributed by atoms with Crippen LogP contribution >= 0.6 is 11.7 Å². The molecule has 2 aliphatic rings. The Labute approximate surface area is 435 Å². The van der Waals surface area contributed by atoms with Gasteiger partial charge in [0.15, 0.2) is 0 Å².